The maximum absolute atomic E-state index is 12.3. The molecule has 0 aliphatic carbocycles. The largest absolute Gasteiger partial charge is 0.490 e. The van der Waals surface area contributed by atoms with Crippen molar-refractivity contribution in [2.45, 2.75) is 13.8 Å². The predicted molar refractivity (Wildman–Crippen MR) is 113 cm³/mol. The molecule has 0 spiro atoms. The molecule has 0 fully saturated rings. The lowest BCUT2D eigenvalue weighted by molar-refractivity contribution is -0.114. The lowest BCUT2D eigenvalue weighted by Crippen LogP contribution is -2.30. The smallest absolute Gasteiger partial charge is 0.253 e. The maximum Gasteiger partial charge on any atom is 0.253 e. The van der Waals surface area contributed by atoms with Crippen LogP contribution in [0.1, 0.15) is 24.2 Å². The third-order valence-corrected chi connectivity index (χ3v) is 4.14. The van der Waals surface area contributed by atoms with Gasteiger partial charge in [-0.15, -0.1) is 0 Å². The summed E-state index contributed by atoms with van der Waals surface area (Å²) in [5.41, 5.74) is 2.08. The Morgan fingerprint density at radius 1 is 1.00 bits per heavy atom. The molecule has 0 radical (unpaired) electrons. The van der Waals surface area contributed by atoms with E-state index in [1.807, 2.05) is 38.1 Å². The second kappa shape index (κ2) is 10.8. The van der Waals surface area contributed by atoms with Gasteiger partial charge in [-0.1, -0.05) is 12.7 Å². The van der Waals surface area contributed by atoms with Gasteiger partial charge in [-0.3, -0.25) is 9.59 Å². The second-order valence-electron chi connectivity index (χ2n) is 6.08. The Bertz CT molecular complexity index is 782. The molecule has 148 valence electrons. The molecule has 0 bridgehead atoms. The van der Waals surface area contributed by atoms with Crippen molar-refractivity contribution < 1.29 is 14.3 Å². The van der Waals surface area contributed by atoms with Crippen LogP contribution in [0.25, 0.3) is 0 Å². The van der Waals surface area contributed by atoms with E-state index >= 15 is 0 Å². The van der Waals surface area contributed by atoms with Gasteiger partial charge in [0.2, 0.25) is 5.91 Å². The minimum Gasteiger partial charge on any atom is -0.490 e. The zero-order valence-corrected chi connectivity index (χ0v) is 16.4. The van der Waals surface area contributed by atoms with Crippen molar-refractivity contribution in [1.82, 2.24) is 4.90 Å². The topological polar surface area (TPSA) is 70.7 Å². The summed E-state index contributed by atoms with van der Waals surface area (Å²) < 4.78 is 5.42. The van der Waals surface area contributed by atoms with Gasteiger partial charge < -0.3 is 20.3 Å². The zero-order valence-electron chi connectivity index (χ0n) is 16.4. The number of hydrogen-bond acceptors (Lipinski definition) is 4. The van der Waals surface area contributed by atoms with Gasteiger partial charge in [0.05, 0.1) is 6.54 Å². The molecule has 6 nitrogen and oxygen atoms in total. The molecule has 0 aromatic heterocycles. The number of nitrogens with one attached hydrogen (secondary N) is 2. The summed E-state index contributed by atoms with van der Waals surface area (Å²) >= 11 is 0. The molecule has 28 heavy (non-hydrogen) atoms. The van der Waals surface area contributed by atoms with Gasteiger partial charge in [0.1, 0.15) is 12.4 Å². The standard InChI is InChI=1S/C22H27N3O3/c1-4-15-28-20-13-11-18(12-14-20)23-16-21(26)24-19-9-7-17(8-10-19)22(27)25(5-2)6-3/h4,7-14,23H,1,5-6,15-16H2,2-3H3,(H,24,26). The van der Waals surface area contributed by atoms with Gasteiger partial charge in [-0.25, -0.2) is 0 Å². The summed E-state index contributed by atoms with van der Waals surface area (Å²) in [6.45, 7) is 9.42. The van der Waals surface area contributed by atoms with Crippen LogP contribution >= 0.6 is 0 Å². The maximum atomic E-state index is 12.3. The molecule has 0 aliphatic rings. The Morgan fingerprint density at radius 3 is 2.18 bits per heavy atom. The van der Waals surface area contributed by atoms with Gasteiger partial charge in [0.25, 0.3) is 5.91 Å². The molecule has 0 unspecified atom stereocenters. The van der Waals surface area contributed by atoms with Gasteiger partial charge >= 0.3 is 0 Å². The highest BCUT2D eigenvalue weighted by Gasteiger charge is 2.12. The molecular formula is C22H27N3O3. The molecular weight excluding hydrogens is 354 g/mol. The van der Waals surface area contributed by atoms with Crippen LogP contribution in [0.15, 0.2) is 61.2 Å². The van der Waals surface area contributed by atoms with Gasteiger partial charge in [0, 0.05) is 30.0 Å². The Kier molecular flexibility index (Phi) is 8.09. The molecule has 0 heterocycles. The first-order chi connectivity index (χ1) is 13.6. The number of ether oxygens (including phenoxy) is 1. The third kappa shape index (κ3) is 6.16. The lowest BCUT2D eigenvalue weighted by atomic mass is 10.1. The van der Waals surface area contributed by atoms with E-state index in [4.69, 9.17) is 4.74 Å². The minimum absolute atomic E-state index is 0.00920. The zero-order chi connectivity index (χ0) is 20.4. The number of carbonyl (C=O) groups is 2. The van der Waals surface area contributed by atoms with Crippen LogP contribution in [0, 0.1) is 0 Å². The number of amides is 2. The van der Waals surface area contributed by atoms with Crippen molar-refractivity contribution in [3.63, 3.8) is 0 Å². The minimum atomic E-state index is -0.171. The Balaban J connectivity index is 1.84. The first-order valence-corrected chi connectivity index (χ1v) is 9.34. The van der Waals surface area contributed by atoms with Crippen LogP contribution in [0.2, 0.25) is 0 Å². The summed E-state index contributed by atoms with van der Waals surface area (Å²) in [4.78, 5) is 26.2. The van der Waals surface area contributed by atoms with Crippen LogP contribution in [0.4, 0.5) is 11.4 Å². The van der Waals surface area contributed by atoms with Crippen molar-refractivity contribution in [3.8, 4) is 5.75 Å². The molecule has 2 rings (SSSR count). The monoisotopic (exact) mass is 381 g/mol. The average Bonchev–Trinajstić information content (AvgIpc) is 2.73. The molecule has 2 amide bonds. The number of rotatable bonds is 10. The normalized spacial score (nSPS) is 10.1. The lowest BCUT2D eigenvalue weighted by Gasteiger charge is -2.18. The van der Waals surface area contributed by atoms with Crippen LogP contribution < -0.4 is 15.4 Å². The van der Waals surface area contributed by atoms with Crippen LogP contribution in [0.5, 0.6) is 5.75 Å². The number of nitrogens with zero attached hydrogens (tertiary/aromatic N) is 1. The van der Waals surface area contributed by atoms with E-state index in [1.165, 1.54) is 0 Å². The van der Waals surface area contributed by atoms with E-state index in [2.05, 4.69) is 17.2 Å². The quantitative estimate of drug-likeness (QED) is 0.615. The predicted octanol–water partition coefficient (Wildman–Crippen LogP) is 3.78. The van der Waals surface area contributed by atoms with E-state index in [9.17, 15) is 9.59 Å². The first-order valence-electron chi connectivity index (χ1n) is 9.34. The molecule has 0 saturated carbocycles. The molecule has 0 saturated heterocycles. The molecule has 0 atom stereocenters. The fraction of sp³-hybridized carbons (Fsp3) is 0.273. The third-order valence-electron chi connectivity index (χ3n) is 4.14. The highest BCUT2D eigenvalue weighted by atomic mass is 16.5. The summed E-state index contributed by atoms with van der Waals surface area (Å²) in [7, 11) is 0. The van der Waals surface area contributed by atoms with Crippen LogP contribution in [-0.4, -0.2) is 43.0 Å². The van der Waals surface area contributed by atoms with Crippen molar-refractivity contribution in [1.29, 1.82) is 0 Å². The number of carbonyl (C=O) groups excluding carboxylic acids is 2. The molecule has 2 aromatic rings. The van der Waals surface area contributed by atoms with E-state index in [0.29, 0.717) is 30.9 Å². The number of anilines is 2. The Morgan fingerprint density at radius 2 is 1.61 bits per heavy atom. The first kappa shape index (κ1) is 21.0. The average molecular weight is 381 g/mol. The number of hydrogen-bond donors (Lipinski definition) is 2. The molecule has 2 aromatic carbocycles. The van der Waals surface area contributed by atoms with E-state index in [0.717, 1.165) is 11.4 Å². The second-order valence-corrected chi connectivity index (χ2v) is 6.08. The molecule has 6 heteroatoms. The van der Waals surface area contributed by atoms with Gasteiger partial charge in [-0.05, 0) is 62.4 Å². The number of benzene rings is 2. The summed E-state index contributed by atoms with van der Waals surface area (Å²) in [5, 5.41) is 5.87. The fourth-order valence-electron chi connectivity index (χ4n) is 2.60. The van der Waals surface area contributed by atoms with E-state index in [-0.39, 0.29) is 18.4 Å². The summed E-state index contributed by atoms with van der Waals surface area (Å²) in [6, 6.07) is 14.3. The van der Waals surface area contributed by atoms with E-state index in [1.54, 1.807) is 35.2 Å². The Hall–Kier alpha value is -3.28. The van der Waals surface area contributed by atoms with Crippen LogP contribution in [-0.2, 0) is 4.79 Å². The van der Waals surface area contributed by atoms with Crippen molar-refractivity contribution in [2.75, 3.05) is 36.9 Å². The van der Waals surface area contributed by atoms with Crippen LogP contribution in [0.3, 0.4) is 0 Å². The van der Waals surface area contributed by atoms with Crippen molar-refractivity contribution >= 4 is 23.2 Å². The van der Waals surface area contributed by atoms with Gasteiger partial charge in [0.15, 0.2) is 0 Å². The highest BCUT2D eigenvalue weighted by Crippen LogP contribution is 2.16. The SMILES string of the molecule is C=CCOc1ccc(NCC(=O)Nc2ccc(C(=O)N(CC)CC)cc2)cc1. The Labute approximate surface area is 166 Å². The summed E-state index contributed by atoms with van der Waals surface area (Å²) in [5.74, 6) is 0.564. The highest BCUT2D eigenvalue weighted by molar-refractivity contribution is 5.96. The molecule has 0 aliphatic heterocycles. The van der Waals surface area contributed by atoms with E-state index < -0.39 is 0 Å². The van der Waals surface area contributed by atoms with Crippen molar-refractivity contribution in [2.24, 2.45) is 0 Å². The summed E-state index contributed by atoms with van der Waals surface area (Å²) in [6.07, 6.45) is 1.68. The fourth-order valence-corrected chi connectivity index (χ4v) is 2.60. The molecule has 2 N–H and O–H groups in total. The van der Waals surface area contributed by atoms with Crippen molar-refractivity contribution in [3.05, 3.63) is 66.7 Å². The van der Waals surface area contributed by atoms with Gasteiger partial charge in [-0.2, -0.15) is 0 Å².